The van der Waals surface area contributed by atoms with E-state index in [-0.39, 0.29) is 5.91 Å². The van der Waals surface area contributed by atoms with Crippen LogP contribution in [0.4, 0.5) is 0 Å². The fraction of sp³-hybridized carbons (Fsp3) is 0.200. The minimum absolute atomic E-state index is 0.0214. The van der Waals surface area contributed by atoms with Gasteiger partial charge in [-0.05, 0) is 17.7 Å². The molecular formula is C15H15ClN2O. The van der Waals surface area contributed by atoms with E-state index in [1.54, 1.807) is 29.4 Å². The lowest BCUT2D eigenvalue weighted by atomic mass is 10.2. The van der Waals surface area contributed by atoms with Gasteiger partial charge < -0.3 is 4.90 Å². The second-order valence-electron chi connectivity index (χ2n) is 4.14. The number of halogens is 1. The SMILES string of the molecule is O=C(c1ccncc1)N(CCCl)Cc1ccccc1. The molecule has 0 saturated carbocycles. The molecule has 0 N–H and O–H groups in total. The number of alkyl halides is 1. The molecule has 1 aromatic carbocycles. The zero-order valence-corrected chi connectivity index (χ0v) is 11.3. The lowest BCUT2D eigenvalue weighted by Gasteiger charge is -2.21. The molecule has 2 aromatic rings. The monoisotopic (exact) mass is 274 g/mol. The van der Waals surface area contributed by atoms with Crippen LogP contribution in [0.1, 0.15) is 15.9 Å². The van der Waals surface area contributed by atoms with Crippen molar-refractivity contribution in [2.75, 3.05) is 12.4 Å². The van der Waals surface area contributed by atoms with Crippen molar-refractivity contribution in [3.05, 3.63) is 66.0 Å². The molecule has 0 saturated heterocycles. The fourth-order valence-electron chi connectivity index (χ4n) is 1.84. The molecule has 0 aliphatic heterocycles. The summed E-state index contributed by atoms with van der Waals surface area (Å²) in [6.45, 7) is 1.09. The first-order valence-electron chi connectivity index (χ1n) is 6.10. The van der Waals surface area contributed by atoms with E-state index < -0.39 is 0 Å². The van der Waals surface area contributed by atoms with Crippen LogP contribution in [-0.2, 0) is 6.54 Å². The lowest BCUT2D eigenvalue weighted by Crippen LogP contribution is -2.32. The van der Waals surface area contributed by atoms with Crippen molar-refractivity contribution in [3.8, 4) is 0 Å². The van der Waals surface area contributed by atoms with Gasteiger partial charge in [-0.25, -0.2) is 0 Å². The van der Waals surface area contributed by atoms with E-state index in [0.717, 1.165) is 5.56 Å². The second-order valence-corrected chi connectivity index (χ2v) is 4.52. The highest BCUT2D eigenvalue weighted by Gasteiger charge is 2.15. The molecule has 3 nitrogen and oxygen atoms in total. The number of hydrogen-bond donors (Lipinski definition) is 0. The molecule has 4 heteroatoms. The van der Waals surface area contributed by atoms with E-state index in [0.29, 0.717) is 24.5 Å². The minimum atomic E-state index is -0.0214. The van der Waals surface area contributed by atoms with Crippen molar-refractivity contribution in [3.63, 3.8) is 0 Å². The number of aromatic nitrogens is 1. The van der Waals surface area contributed by atoms with Crippen LogP contribution in [0.25, 0.3) is 0 Å². The van der Waals surface area contributed by atoms with Crippen LogP contribution < -0.4 is 0 Å². The second kappa shape index (κ2) is 6.90. The number of pyridine rings is 1. The van der Waals surface area contributed by atoms with Gasteiger partial charge in [-0.15, -0.1) is 11.6 Å². The first kappa shape index (κ1) is 13.6. The average Bonchev–Trinajstić information content (AvgIpc) is 2.48. The number of rotatable bonds is 5. The number of benzene rings is 1. The van der Waals surface area contributed by atoms with Crippen molar-refractivity contribution in [1.29, 1.82) is 0 Å². The fourth-order valence-corrected chi connectivity index (χ4v) is 2.04. The van der Waals surface area contributed by atoms with Crippen LogP contribution in [-0.4, -0.2) is 28.2 Å². The summed E-state index contributed by atoms with van der Waals surface area (Å²) in [4.78, 5) is 18.0. The normalized spacial score (nSPS) is 10.2. The van der Waals surface area contributed by atoms with Crippen molar-refractivity contribution in [1.82, 2.24) is 9.88 Å². The Morgan fingerprint density at radius 1 is 1.11 bits per heavy atom. The predicted molar refractivity (Wildman–Crippen MR) is 76.1 cm³/mol. The van der Waals surface area contributed by atoms with Gasteiger partial charge in [0, 0.05) is 36.9 Å². The van der Waals surface area contributed by atoms with Gasteiger partial charge in [0.1, 0.15) is 0 Å². The Balaban J connectivity index is 2.14. The Kier molecular flexibility index (Phi) is 4.93. The summed E-state index contributed by atoms with van der Waals surface area (Å²) in [6, 6.07) is 13.3. The molecule has 0 unspecified atom stereocenters. The molecule has 1 heterocycles. The van der Waals surface area contributed by atoms with E-state index in [4.69, 9.17) is 11.6 Å². The highest BCUT2D eigenvalue weighted by atomic mass is 35.5. The van der Waals surface area contributed by atoms with Gasteiger partial charge in [-0.3, -0.25) is 9.78 Å². The van der Waals surface area contributed by atoms with E-state index in [1.807, 2.05) is 30.3 Å². The third-order valence-corrected chi connectivity index (χ3v) is 2.95. The smallest absolute Gasteiger partial charge is 0.254 e. The van der Waals surface area contributed by atoms with Crippen LogP contribution in [0.5, 0.6) is 0 Å². The van der Waals surface area contributed by atoms with Gasteiger partial charge >= 0.3 is 0 Å². The standard InChI is InChI=1S/C15H15ClN2O/c16-8-11-18(12-13-4-2-1-3-5-13)15(19)14-6-9-17-10-7-14/h1-7,9-10H,8,11-12H2. The van der Waals surface area contributed by atoms with Crippen LogP contribution in [0.3, 0.4) is 0 Å². The van der Waals surface area contributed by atoms with Crippen molar-refractivity contribution in [2.24, 2.45) is 0 Å². The number of nitrogens with zero attached hydrogens (tertiary/aromatic N) is 2. The number of hydrogen-bond acceptors (Lipinski definition) is 2. The van der Waals surface area contributed by atoms with Crippen LogP contribution in [0.2, 0.25) is 0 Å². The summed E-state index contributed by atoms with van der Waals surface area (Å²) >= 11 is 5.79. The van der Waals surface area contributed by atoms with Gasteiger partial charge in [0.2, 0.25) is 0 Å². The summed E-state index contributed by atoms with van der Waals surface area (Å²) in [5.41, 5.74) is 1.73. The molecular weight excluding hydrogens is 260 g/mol. The topological polar surface area (TPSA) is 33.2 Å². The molecule has 0 aliphatic rings. The molecule has 1 aromatic heterocycles. The molecule has 0 fully saturated rings. The van der Waals surface area contributed by atoms with Crippen molar-refractivity contribution in [2.45, 2.75) is 6.54 Å². The zero-order valence-electron chi connectivity index (χ0n) is 10.5. The molecule has 2 rings (SSSR count). The van der Waals surface area contributed by atoms with Crippen molar-refractivity contribution < 1.29 is 4.79 Å². The third-order valence-electron chi connectivity index (χ3n) is 2.79. The van der Waals surface area contributed by atoms with Crippen LogP contribution in [0.15, 0.2) is 54.9 Å². The van der Waals surface area contributed by atoms with E-state index in [2.05, 4.69) is 4.98 Å². The van der Waals surface area contributed by atoms with Crippen LogP contribution in [0, 0.1) is 0 Å². The molecule has 0 atom stereocenters. The summed E-state index contributed by atoms with van der Waals surface area (Å²) < 4.78 is 0. The highest BCUT2D eigenvalue weighted by Crippen LogP contribution is 2.09. The van der Waals surface area contributed by atoms with E-state index in [1.165, 1.54) is 0 Å². The predicted octanol–water partition coefficient (Wildman–Crippen LogP) is 2.96. The summed E-state index contributed by atoms with van der Waals surface area (Å²) in [5.74, 6) is 0.399. The molecule has 0 bridgehead atoms. The molecule has 0 spiro atoms. The zero-order chi connectivity index (χ0) is 13.5. The Hall–Kier alpha value is -1.87. The summed E-state index contributed by atoms with van der Waals surface area (Å²) in [5, 5.41) is 0. The van der Waals surface area contributed by atoms with Crippen LogP contribution >= 0.6 is 11.6 Å². The first-order chi connectivity index (χ1) is 9.31. The van der Waals surface area contributed by atoms with E-state index >= 15 is 0 Å². The highest BCUT2D eigenvalue weighted by molar-refractivity contribution is 6.18. The van der Waals surface area contributed by atoms with Gasteiger partial charge in [0.25, 0.3) is 5.91 Å². The number of amides is 1. The number of carbonyl (C=O) groups excluding carboxylic acids is 1. The lowest BCUT2D eigenvalue weighted by molar-refractivity contribution is 0.0753. The van der Waals surface area contributed by atoms with Gasteiger partial charge in [-0.1, -0.05) is 30.3 Å². The van der Waals surface area contributed by atoms with E-state index in [9.17, 15) is 4.79 Å². The van der Waals surface area contributed by atoms with Gasteiger partial charge in [0.15, 0.2) is 0 Å². The summed E-state index contributed by atoms with van der Waals surface area (Å²) in [6.07, 6.45) is 3.24. The Labute approximate surface area is 117 Å². The third kappa shape index (κ3) is 3.80. The average molecular weight is 275 g/mol. The quantitative estimate of drug-likeness (QED) is 0.786. The molecule has 1 amide bonds. The minimum Gasteiger partial charge on any atom is -0.333 e. The molecule has 98 valence electrons. The molecule has 19 heavy (non-hydrogen) atoms. The molecule has 0 radical (unpaired) electrons. The Bertz CT molecular complexity index is 516. The Morgan fingerprint density at radius 2 is 1.79 bits per heavy atom. The first-order valence-corrected chi connectivity index (χ1v) is 6.64. The maximum atomic E-state index is 12.4. The largest absolute Gasteiger partial charge is 0.333 e. The van der Waals surface area contributed by atoms with Gasteiger partial charge in [-0.2, -0.15) is 0 Å². The van der Waals surface area contributed by atoms with Gasteiger partial charge in [0.05, 0.1) is 0 Å². The molecule has 0 aliphatic carbocycles. The maximum absolute atomic E-state index is 12.4. The van der Waals surface area contributed by atoms with Crippen molar-refractivity contribution >= 4 is 17.5 Å². The number of carbonyl (C=O) groups is 1. The maximum Gasteiger partial charge on any atom is 0.254 e. The Morgan fingerprint density at radius 3 is 2.42 bits per heavy atom. The summed E-state index contributed by atoms with van der Waals surface area (Å²) in [7, 11) is 0.